The largest absolute Gasteiger partial charge is 0.265 e. The molecule has 0 saturated heterocycles. The highest BCUT2D eigenvalue weighted by molar-refractivity contribution is 5.86. The zero-order valence-corrected chi connectivity index (χ0v) is 9.34. The van der Waals surface area contributed by atoms with Crippen molar-refractivity contribution in [3.63, 3.8) is 0 Å². The Morgan fingerprint density at radius 3 is 2.12 bits per heavy atom. The first-order chi connectivity index (χ1) is 7.79. The molecule has 0 aliphatic rings. The molecule has 0 heterocycles. The van der Waals surface area contributed by atoms with Gasteiger partial charge >= 0.3 is 0 Å². The third-order valence-electron chi connectivity index (χ3n) is 1.57. The highest BCUT2D eigenvalue weighted by Crippen LogP contribution is 2.09. The van der Waals surface area contributed by atoms with E-state index in [9.17, 15) is 0 Å². The Morgan fingerprint density at radius 2 is 1.62 bits per heavy atom. The Bertz CT molecular complexity index is 380. The summed E-state index contributed by atoms with van der Waals surface area (Å²) in [4.78, 5) is 7.98. The van der Waals surface area contributed by atoms with E-state index in [2.05, 4.69) is 36.3 Å². The van der Waals surface area contributed by atoms with Gasteiger partial charge in [-0.05, 0) is 0 Å². The standard InChI is InChI=1S/C14H16N2/c1-5-9-14(12-15-8-4)13(7-3)11-16-10-6-2/h5-12H,1-4H2/b13-11+,14-9+,15-12?,16-10?. The lowest BCUT2D eigenvalue weighted by Gasteiger charge is -1.99. The van der Waals surface area contributed by atoms with Gasteiger partial charge in [0, 0.05) is 36.0 Å². The van der Waals surface area contributed by atoms with Gasteiger partial charge in [-0.25, -0.2) is 0 Å². The number of nitrogens with zero attached hydrogens (tertiary/aromatic N) is 2. The maximum absolute atomic E-state index is 4.03. The van der Waals surface area contributed by atoms with E-state index >= 15 is 0 Å². The van der Waals surface area contributed by atoms with Crippen molar-refractivity contribution in [1.29, 1.82) is 0 Å². The lowest BCUT2D eigenvalue weighted by atomic mass is 10.1. The van der Waals surface area contributed by atoms with Crippen molar-refractivity contribution >= 4 is 12.4 Å². The van der Waals surface area contributed by atoms with Gasteiger partial charge in [-0.15, -0.1) is 0 Å². The van der Waals surface area contributed by atoms with Gasteiger partial charge in [-0.1, -0.05) is 50.6 Å². The number of rotatable bonds is 7. The lowest BCUT2D eigenvalue weighted by Crippen LogP contribution is -1.87. The van der Waals surface area contributed by atoms with E-state index in [-0.39, 0.29) is 0 Å². The summed E-state index contributed by atoms with van der Waals surface area (Å²) < 4.78 is 0. The normalized spacial score (nSPS) is 13.0. The molecule has 0 aromatic heterocycles. The zero-order valence-electron chi connectivity index (χ0n) is 9.34. The van der Waals surface area contributed by atoms with Crippen LogP contribution in [0.1, 0.15) is 0 Å². The second-order valence-corrected chi connectivity index (χ2v) is 2.64. The van der Waals surface area contributed by atoms with Crippen LogP contribution in [0.4, 0.5) is 0 Å². The molecule has 0 unspecified atom stereocenters. The number of aliphatic imine (C=N–C) groups is 2. The molecule has 16 heavy (non-hydrogen) atoms. The lowest BCUT2D eigenvalue weighted by molar-refractivity contribution is 1.48. The maximum atomic E-state index is 4.03. The summed E-state index contributed by atoms with van der Waals surface area (Å²) in [6.45, 7) is 14.4. The van der Waals surface area contributed by atoms with Crippen LogP contribution < -0.4 is 0 Å². The van der Waals surface area contributed by atoms with Gasteiger partial charge in [0.2, 0.25) is 0 Å². The zero-order chi connectivity index (χ0) is 12.2. The van der Waals surface area contributed by atoms with Gasteiger partial charge in [0.25, 0.3) is 0 Å². The molecule has 0 aliphatic heterocycles. The van der Waals surface area contributed by atoms with Crippen molar-refractivity contribution in [1.82, 2.24) is 0 Å². The van der Waals surface area contributed by atoms with Crippen molar-refractivity contribution < 1.29 is 0 Å². The van der Waals surface area contributed by atoms with Crippen LogP contribution in [0.2, 0.25) is 0 Å². The second-order valence-electron chi connectivity index (χ2n) is 2.64. The van der Waals surface area contributed by atoms with E-state index in [0.29, 0.717) is 0 Å². The van der Waals surface area contributed by atoms with Gasteiger partial charge in [0.1, 0.15) is 0 Å². The Morgan fingerprint density at radius 1 is 0.875 bits per heavy atom. The minimum Gasteiger partial charge on any atom is -0.265 e. The Labute approximate surface area is 97.1 Å². The number of hydrogen-bond acceptors (Lipinski definition) is 2. The average molecular weight is 212 g/mol. The summed E-state index contributed by atoms with van der Waals surface area (Å²) in [6, 6.07) is 0. The summed E-state index contributed by atoms with van der Waals surface area (Å²) in [5, 5.41) is 0. The van der Waals surface area contributed by atoms with Gasteiger partial charge in [0.15, 0.2) is 0 Å². The molecule has 0 bridgehead atoms. The fourth-order valence-corrected chi connectivity index (χ4v) is 0.903. The fourth-order valence-electron chi connectivity index (χ4n) is 0.903. The summed E-state index contributed by atoms with van der Waals surface area (Å²) >= 11 is 0. The second kappa shape index (κ2) is 9.34. The average Bonchev–Trinajstić information content (AvgIpc) is 2.31. The van der Waals surface area contributed by atoms with Gasteiger partial charge < -0.3 is 0 Å². The van der Waals surface area contributed by atoms with Crippen LogP contribution in [0, 0.1) is 0 Å². The number of hydrogen-bond donors (Lipinski definition) is 0. The minimum absolute atomic E-state index is 0.851. The van der Waals surface area contributed by atoms with Crippen LogP contribution in [-0.4, -0.2) is 12.4 Å². The topological polar surface area (TPSA) is 24.7 Å². The smallest absolute Gasteiger partial charge is 0.0346 e. The molecule has 0 amide bonds. The van der Waals surface area contributed by atoms with Crippen molar-refractivity contribution in [3.05, 3.63) is 74.2 Å². The molecule has 82 valence electrons. The number of allylic oxidation sites excluding steroid dienone is 6. The molecule has 0 aromatic rings. The van der Waals surface area contributed by atoms with Gasteiger partial charge in [0.05, 0.1) is 0 Å². The highest BCUT2D eigenvalue weighted by Gasteiger charge is 1.96. The molecule has 0 aromatic carbocycles. The van der Waals surface area contributed by atoms with E-state index in [4.69, 9.17) is 0 Å². The molecular weight excluding hydrogens is 196 g/mol. The molecule has 0 spiro atoms. The molecule has 0 saturated carbocycles. The Hall–Kier alpha value is -2.22. The fraction of sp³-hybridized carbons (Fsp3) is 0. The summed E-state index contributed by atoms with van der Waals surface area (Å²) in [5.41, 5.74) is 1.72. The van der Waals surface area contributed by atoms with Crippen molar-refractivity contribution in [3.8, 4) is 0 Å². The minimum atomic E-state index is 0.851. The van der Waals surface area contributed by atoms with Crippen LogP contribution in [0.5, 0.6) is 0 Å². The highest BCUT2D eigenvalue weighted by atomic mass is 14.7. The molecule has 0 fully saturated rings. The van der Waals surface area contributed by atoms with Crippen molar-refractivity contribution in [2.24, 2.45) is 9.98 Å². The predicted octanol–water partition coefficient (Wildman–Crippen LogP) is 3.64. The van der Waals surface area contributed by atoms with E-state index < -0.39 is 0 Å². The molecule has 0 N–H and O–H groups in total. The molecule has 0 atom stereocenters. The van der Waals surface area contributed by atoms with Gasteiger partial charge in [-0.2, -0.15) is 0 Å². The Kier molecular flexibility index (Phi) is 8.04. The maximum Gasteiger partial charge on any atom is 0.0346 e. The first-order valence-corrected chi connectivity index (χ1v) is 4.74. The van der Waals surface area contributed by atoms with Crippen LogP contribution >= 0.6 is 0 Å². The first-order valence-electron chi connectivity index (χ1n) is 4.74. The van der Waals surface area contributed by atoms with Crippen LogP contribution in [0.3, 0.4) is 0 Å². The molecule has 0 rings (SSSR count). The molecule has 0 aliphatic carbocycles. The molecule has 2 heteroatoms. The van der Waals surface area contributed by atoms with E-state index in [1.807, 2.05) is 6.08 Å². The van der Waals surface area contributed by atoms with Crippen LogP contribution in [0.25, 0.3) is 0 Å². The first kappa shape index (κ1) is 13.8. The van der Waals surface area contributed by atoms with Crippen molar-refractivity contribution in [2.45, 2.75) is 0 Å². The monoisotopic (exact) mass is 212 g/mol. The Balaban J connectivity index is 5.13. The third kappa shape index (κ3) is 5.50. The van der Waals surface area contributed by atoms with Crippen molar-refractivity contribution in [2.75, 3.05) is 0 Å². The van der Waals surface area contributed by atoms with E-state index in [1.165, 1.54) is 6.20 Å². The van der Waals surface area contributed by atoms with Gasteiger partial charge in [-0.3, -0.25) is 9.98 Å². The molecular formula is C14H16N2. The third-order valence-corrected chi connectivity index (χ3v) is 1.57. The summed E-state index contributed by atoms with van der Waals surface area (Å²) in [6.07, 6.45) is 13.2. The van der Waals surface area contributed by atoms with Crippen LogP contribution in [-0.2, 0) is 0 Å². The van der Waals surface area contributed by atoms with Crippen LogP contribution in [0.15, 0.2) is 84.2 Å². The molecule has 2 nitrogen and oxygen atoms in total. The SMILES string of the molecule is C=CC=N/C=C(C=C)/C(C=NC=C)=C/C=C. The molecule has 0 radical (unpaired) electrons. The predicted molar refractivity (Wildman–Crippen MR) is 73.9 cm³/mol. The summed E-state index contributed by atoms with van der Waals surface area (Å²) in [7, 11) is 0. The van der Waals surface area contributed by atoms with E-state index in [1.54, 1.807) is 36.9 Å². The quantitative estimate of drug-likeness (QED) is 0.454. The summed E-state index contributed by atoms with van der Waals surface area (Å²) in [5.74, 6) is 0. The van der Waals surface area contributed by atoms with E-state index in [0.717, 1.165) is 11.1 Å².